The number of halogens is 2. The van der Waals surface area contributed by atoms with E-state index in [0.717, 1.165) is 22.5 Å². The molecule has 0 amide bonds. The fourth-order valence-corrected chi connectivity index (χ4v) is 6.67. The Morgan fingerprint density at radius 1 is 0.868 bits per heavy atom. The Morgan fingerprint density at radius 2 is 1.42 bits per heavy atom. The molecule has 38 heavy (non-hydrogen) atoms. The Kier molecular flexibility index (Phi) is 8.72. The van der Waals surface area contributed by atoms with Crippen LogP contribution in [0.1, 0.15) is 76.0 Å². The number of sulfone groups is 1. The van der Waals surface area contributed by atoms with Gasteiger partial charge in [-0.15, -0.1) is 0 Å². The number of rotatable bonds is 8. The first-order chi connectivity index (χ1) is 17.5. The minimum Gasteiger partial charge on any atom is -0.358 e. The molecule has 0 unspecified atom stereocenters. The van der Waals surface area contributed by atoms with Crippen LogP contribution in [0.4, 0.5) is 0 Å². The molecule has 0 spiro atoms. The lowest BCUT2D eigenvalue weighted by Crippen LogP contribution is -2.27. The lowest BCUT2D eigenvalue weighted by Gasteiger charge is -2.22. The van der Waals surface area contributed by atoms with Crippen LogP contribution in [0.15, 0.2) is 51.2 Å². The van der Waals surface area contributed by atoms with Crippen LogP contribution in [-0.2, 0) is 20.0 Å². The fourth-order valence-electron chi connectivity index (χ4n) is 3.95. The van der Waals surface area contributed by atoms with Gasteiger partial charge in [-0.25, -0.2) is 13.0 Å². The van der Waals surface area contributed by atoms with Gasteiger partial charge in [0.25, 0.3) is 5.56 Å². The van der Waals surface area contributed by atoms with Gasteiger partial charge in [0.15, 0.2) is 0 Å². The van der Waals surface area contributed by atoms with E-state index in [-0.39, 0.29) is 38.4 Å². The van der Waals surface area contributed by atoms with E-state index in [4.69, 9.17) is 27.4 Å². The van der Waals surface area contributed by atoms with Gasteiger partial charge in [-0.1, -0.05) is 82.9 Å². The summed E-state index contributed by atoms with van der Waals surface area (Å²) in [6.07, 6.45) is 0.834. The first-order valence-corrected chi connectivity index (χ1v) is 15.9. The monoisotopic (exact) mass is 600 g/mol. The molecule has 0 atom stereocenters. The van der Waals surface area contributed by atoms with E-state index >= 15 is 0 Å². The number of benzene rings is 2. The van der Waals surface area contributed by atoms with Crippen LogP contribution in [0, 0.1) is 0 Å². The van der Waals surface area contributed by atoms with Crippen LogP contribution in [0.2, 0.25) is 10.0 Å². The average Bonchev–Trinajstić information content (AvgIpc) is 2.79. The maximum absolute atomic E-state index is 13.7. The minimum absolute atomic E-state index is 0.0170. The number of hydrogen-bond donors (Lipinski definition) is 0. The Balaban J connectivity index is 2.28. The summed E-state index contributed by atoms with van der Waals surface area (Å²) in [5.41, 5.74) is 1.15. The Hall–Kier alpha value is -2.40. The molecule has 3 rings (SSSR count). The van der Waals surface area contributed by atoms with Gasteiger partial charge in [-0.3, -0.25) is 4.79 Å². The third-order valence-corrected chi connectivity index (χ3v) is 9.00. The molecular formula is C26H30Cl2N2O6S2. The summed E-state index contributed by atoms with van der Waals surface area (Å²) in [5.74, 6) is -0.857. The van der Waals surface area contributed by atoms with Crippen LogP contribution < -0.4 is 9.74 Å². The summed E-state index contributed by atoms with van der Waals surface area (Å²) in [6, 6.07) is 8.83. The third-order valence-electron chi connectivity index (χ3n) is 5.89. The second kappa shape index (κ2) is 11.0. The summed E-state index contributed by atoms with van der Waals surface area (Å²) in [5, 5.41) is -0.731. The molecule has 12 heteroatoms. The van der Waals surface area contributed by atoms with E-state index in [0.29, 0.717) is 11.1 Å². The predicted octanol–water partition coefficient (Wildman–Crippen LogP) is 6.08. The van der Waals surface area contributed by atoms with E-state index in [2.05, 4.69) is 4.98 Å². The normalized spacial score (nSPS) is 12.5. The number of aromatic nitrogens is 2. The molecule has 2 aromatic carbocycles. The topological polar surface area (TPSA) is 112 Å². The summed E-state index contributed by atoms with van der Waals surface area (Å²) < 4.78 is 58.8. The molecule has 1 aromatic heterocycles. The zero-order valence-corrected chi connectivity index (χ0v) is 25.3. The standard InChI is InChI=1S/C26H30Cl2N2O6S2/c1-14(2)17-11-18(15(3)4)25(19(12-17)16(5)6)38(34,35)36-22-13-23(31)30(26(29-22)37(7,32)33)21-10-8-9-20(27)24(21)28/h8-16H,1-7H3. The molecule has 0 aliphatic heterocycles. The maximum atomic E-state index is 13.7. The first-order valence-electron chi connectivity index (χ1n) is 11.9. The van der Waals surface area contributed by atoms with E-state index in [1.54, 1.807) is 0 Å². The van der Waals surface area contributed by atoms with Crippen LogP contribution in [0.3, 0.4) is 0 Å². The Labute approximate surface area is 233 Å². The number of hydrogen-bond acceptors (Lipinski definition) is 7. The zero-order valence-electron chi connectivity index (χ0n) is 22.1. The summed E-state index contributed by atoms with van der Waals surface area (Å²) in [7, 11) is -8.69. The highest BCUT2D eigenvalue weighted by Crippen LogP contribution is 2.36. The summed E-state index contributed by atoms with van der Waals surface area (Å²) in [4.78, 5) is 17.1. The summed E-state index contributed by atoms with van der Waals surface area (Å²) >= 11 is 12.3. The van der Waals surface area contributed by atoms with Crippen LogP contribution >= 0.6 is 23.2 Å². The van der Waals surface area contributed by atoms with Crippen molar-refractivity contribution >= 4 is 43.2 Å². The first kappa shape index (κ1) is 30.1. The van der Waals surface area contributed by atoms with E-state index in [1.165, 1.54) is 18.2 Å². The van der Waals surface area contributed by atoms with Gasteiger partial charge in [-0.2, -0.15) is 13.4 Å². The average molecular weight is 602 g/mol. The van der Waals surface area contributed by atoms with Gasteiger partial charge in [0.05, 0.1) is 21.8 Å². The molecule has 0 saturated carbocycles. The van der Waals surface area contributed by atoms with Crippen molar-refractivity contribution in [3.8, 4) is 11.6 Å². The van der Waals surface area contributed by atoms with Crippen molar-refractivity contribution in [3.05, 3.63) is 73.5 Å². The van der Waals surface area contributed by atoms with Crippen molar-refractivity contribution in [2.45, 2.75) is 69.3 Å². The Morgan fingerprint density at radius 3 is 1.89 bits per heavy atom. The highest BCUT2D eigenvalue weighted by molar-refractivity contribution is 7.90. The van der Waals surface area contributed by atoms with Crippen LogP contribution in [0.5, 0.6) is 5.88 Å². The molecule has 8 nitrogen and oxygen atoms in total. The third kappa shape index (κ3) is 6.09. The maximum Gasteiger partial charge on any atom is 0.341 e. The van der Waals surface area contributed by atoms with E-state index in [1.807, 2.05) is 53.7 Å². The van der Waals surface area contributed by atoms with Gasteiger partial charge < -0.3 is 4.18 Å². The second-order valence-corrected chi connectivity index (χ2v) is 14.1. The molecule has 206 valence electrons. The van der Waals surface area contributed by atoms with Crippen molar-refractivity contribution in [1.82, 2.24) is 9.55 Å². The molecule has 0 aliphatic carbocycles. The van der Waals surface area contributed by atoms with Crippen LogP contribution in [-0.4, -0.2) is 32.6 Å². The lowest BCUT2D eigenvalue weighted by atomic mass is 9.89. The molecule has 0 fully saturated rings. The lowest BCUT2D eigenvalue weighted by molar-refractivity contribution is 0.463. The highest BCUT2D eigenvalue weighted by Gasteiger charge is 2.30. The summed E-state index contributed by atoms with van der Waals surface area (Å²) in [6.45, 7) is 11.5. The number of nitrogens with zero attached hydrogens (tertiary/aromatic N) is 2. The zero-order chi connectivity index (χ0) is 28.7. The molecular weight excluding hydrogens is 571 g/mol. The van der Waals surface area contributed by atoms with Crippen molar-refractivity contribution in [1.29, 1.82) is 0 Å². The molecule has 0 N–H and O–H groups in total. The second-order valence-electron chi connectivity index (χ2n) is 9.93. The van der Waals surface area contributed by atoms with Gasteiger partial charge in [-0.05, 0) is 46.6 Å². The molecule has 0 saturated heterocycles. The van der Waals surface area contributed by atoms with Gasteiger partial charge in [0.2, 0.25) is 20.9 Å². The van der Waals surface area contributed by atoms with Crippen LogP contribution in [0.25, 0.3) is 5.69 Å². The van der Waals surface area contributed by atoms with Crippen molar-refractivity contribution in [2.24, 2.45) is 0 Å². The SMILES string of the molecule is CC(C)c1cc(C(C)C)c(S(=O)(=O)Oc2cc(=O)n(-c3cccc(Cl)c3Cl)c(S(C)(=O)=O)n2)c(C(C)C)c1. The van der Waals surface area contributed by atoms with Gasteiger partial charge in [0, 0.05) is 6.26 Å². The fraction of sp³-hybridized carbons (Fsp3) is 0.385. The van der Waals surface area contributed by atoms with Crippen molar-refractivity contribution in [2.75, 3.05) is 6.26 Å². The molecule has 3 aromatic rings. The largest absolute Gasteiger partial charge is 0.358 e. The highest BCUT2D eigenvalue weighted by atomic mass is 35.5. The Bertz CT molecular complexity index is 1630. The van der Waals surface area contributed by atoms with Gasteiger partial charge in [0.1, 0.15) is 4.90 Å². The van der Waals surface area contributed by atoms with E-state index in [9.17, 15) is 21.6 Å². The molecule has 0 bridgehead atoms. The predicted molar refractivity (Wildman–Crippen MR) is 149 cm³/mol. The minimum atomic E-state index is -4.53. The smallest absolute Gasteiger partial charge is 0.341 e. The molecule has 0 aliphatic rings. The van der Waals surface area contributed by atoms with Crippen molar-refractivity contribution in [3.63, 3.8) is 0 Å². The van der Waals surface area contributed by atoms with E-state index < -0.39 is 36.6 Å². The van der Waals surface area contributed by atoms with Gasteiger partial charge >= 0.3 is 10.1 Å². The van der Waals surface area contributed by atoms with Crippen molar-refractivity contribution < 1.29 is 21.0 Å². The molecule has 0 radical (unpaired) electrons. The molecule has 1 heterocycles. The quantitative estimate of drug-likeness (QED) is 0.227.